The number of hydrogen-bond donors (Lipinski definition) is 1. The molecule has 4 heteroatoms. The zero-order valence-electron chi connectivity index (χ0n) is 19.1. The molecule has 33 heavy (non-hydrogen) atoms. The lowest BCUT2D eigenvalue weighted by Gasteiger charge is -2.15. The minimum Gasteiger partial charge on any atom is -0.497 e. The number of amides is 1. The highest BCUT2D eigenvalue weighted by atomic mass is 16.5. The third-order valence-electron chi connectivity index (χ3n) is 5.65. The molecule has 0 atom stereocenters. The first-order valence-electron chi connectivity index (χ1n) is 10.9. The lowest BCUT2D eigenvalue weighted by molar-refractivity contribution is 0.102. The lowest BCUT2D eigenvalue weighted by atomic mass is 9.98. The van der Waals surface area contributed by atoms with Crippen molar-refractivity contribution in [1.29, 1.82) is 0 Å². The normalized spacial score (nSPS) is 10.5. The van der Waals surface area contributed by atoms with E-state index in [4.69, 9.17) is 9.47 Å². The first-order valence-corrected chi connectivity index (χ1v) is 10.9. The first-order chi connectivity index (χ1) is 16.0. The molecule has 0 bridgehead atoms. The maximum Gasteiger partial charge on any atom is 0.255 e. The van der Waals surface area contributed by atoms with E-state index in [1.165, 1.54) is 0 Å². The fraction of sp³-hybridized carbons (Fsp3) is 0.138. The Morgan fingerprint density at radius 1 is 0.848 bits per heavy atom. The van der Waals surface area contributed by atoms with Crippen LogP contribution in [0.15, 0.2) is 91.0 Å². The van der Waals surface area contributed by atoms with Crippen LogP contribution in [0.25, 0.3) is 11.1 Å². The summed E-state index contributed by atoms with van der Waals surface area (Å²) in [7, 11) is 1.65. The van der Waals surface area contributed by atoms with E-state index in [2.05, 4.69) is 24.4 Å². The number of ether oxygens (including phenoxy) is 2. The van der Waals surface area contributed by atoms with Gasteiger partial charge < -0.3 is 14.8 Å². The second-order valence-electron chi connectivity index (χ2n) is 7.92. The Bertz CT molecular complexity index is 1270. The van der Waals surface area contributed by atoms with Gasteiger partial charge in [-0.15, -0.1) is 0 Å². The molecule has 4 aromatic carbocycles. The largest absolute Gasteiger partial charge is 0.497 e. The molecule has 0 saturated heterocycles. The third kappa shape index (κ3) is 5.24. The summed E-state index contributed by atoms with van der Waals surface area (Å²) in [6.07, 6.45) is 0. The van der Waals surface area contributed by atoms with Gasteiger partial charge in [0.1, 0.15) is 18.1 Å². The number of aryl methyl sites for hydroxylation is 1. The molecular weight excluding hydrogens is 410 g/mol. The van der Waals surface area contributed by atoms with Crippen LogP contribution in [0.1, 0.15) is 27.0 Å². The average molecular weight is 438 g/mol. The quantitative estimate of drug-likeness (QED) is 0.345. The highest BCUT2D eigenvalue weighted by Crippen LogP contribution is 2.28. The predicted octanol–water partition coefficient (Wildman–Crippen LogP) is 6.81. The molecule has 0 aliphatic heterocycles. The number of carbonyl (C=O) groups is 1. The molecule has 4 nitrogen and oxygen atoms in total. The molecule has 0 aliphatic carbocycles. The Morgan fingerprint density at radius 2 is 1.64 bits per heavy atom. The standard InChI is InChI=1S/C29H27NO3/c1-20-15-16-24(18-26(20)23-10-5-4-6-11-23)29(31)30-27-13-8-14-28(21(27)2)33-19-22-9-7-12-25(17-22)32-3/h4-18H,19H2,1-3H3,(H,30,31). The summed E-state index contributed by atoms with van der Waals surface area (Å²) in [6, 6.07) is 29.3. The van der Waals surface area contributed by atoms with Gasteiger partial charge in [0.15, 0.2) is 0 Å². The second-order valence-corrected chi connectivity index (χ2v) is 7.92. The maximum atomic E-state index is 13.1. The van der Waals surface area contributed by atoms with E-state index >= 15 is 0 Å². The Hall–Kier alpha value is -4.05. The molecule has 0 aromatic heterocycles. The number of nitrogens with one attached hydrogen (secondary N) is 1. The fourth-order valence-corrected chi connectivity index (χ4v) is 3.72. The fourth-order valence-electron chi connectivity index (χ4n) is 3.72. The van der Waals surface area contributed by atoms with Crippen molar-refractivity contribution in [3.63, 3.8) is 0 Å². The smallest absolute Gasteiger partial charge is 0.255 e. The lowest BCUT2D eigenvalue weighted by Crippen LogP contribution is -2.13. The van der Waals surface area contributed by atoms with Gasteiger partial charge in [0.25, 0.3) is 5.91 Å². The molecule has 0 aliphatic rings. The third-order valence-corrected chi connectivity index (χ3v) is 5.65. The average Bonchev–Trinajstić information content (AvgIpc) is 2.85. The van der Waals surface area contributed by atoms with Crippen LogP contribution >= 0.6 is 0 Å². The second kappa shape index (κ2) is 10.0. The van der Waals surface area contributed by atoms with Crippen molar-refractivity contribution < 1.29 is 14.3 Å². The Morgan fingerprint density at radius 3 is 2.42 bits per heavy atom. The van der Waals surface area contributed by atoms with Crippen molar-refractivity contribution in [2.24, 2.45) is 0 Å². The van der Waals surface area contributed by atoms with Crippen LogP contribution in [0.3, 0.4) is 0 Å². The molecular formula is C29H27NO3. The van der Waals surface area contributed by atoms with Crippen molar-refractivity contribution >= 4 is 11.6 Å². The molecule has 4 aromatic rings. The van der Waals surface area contributed by atoms with E-state index in [0.717, 1.165) is 45.0 Å². The van der Waals surface area contributed by atoms with Crippen molar-refractivity contribution in [2.45, 2.75) is 20.5 Å². The van der Waals surface area contributed by atoms with Gasteiger partial charge in [0, 0.05) is 16.8 Å². The highest BCUT2D eigenvalue weighted by Gasteiger charge is 2.13. The minimum atomic E-state index is -0.153. The Balaban J connectivity index is 1.51. The molecule has 166 valence electrons. The maximum absolute atomic E-state index is 13.1. The summed E-state index contributed by atoms with van der Waals surface area (Å²) in [4.78, 5) is 13.1. The van der Waals surface area contributed by atoms with E-state index < -0.39 is 0 Å². The predicted molar refractivity (Wildman–Crippen MR) is 133 cm³/mol. The van der Waals surface area contributed by atoms with Gasteiger partial charge in [-0.05, 0) is 72.5 Å². The number of methoxy groups -OCH3 is 1. The van der Waals surface area contributed by atoms with Crippen molar-refractivity contribution in [3.8, 4) is 22.6 Å². The van der Waals surface area contributed by atoms with E-state index in [1.54, 1.807) is 7.11 Å². The van der Waals surface area contributed by atoms with Gasteiger partial charge in [-0.2, -0.15) is 0 Å². The van der Waals surface area contributed by atoms with Crippen molar-refractivity contribution in [3.05, 3.63) is 113 Å². The van der Waals surface area contributed by atoms with Crippen LogP contribution < -0.4 is 14.8 Å². The van der Waals surface area contributed by atoms with Crippen LogP contribution in [0, 0.1) is 13.8 Å². The van der Waals surface area contributed by atoms with Gasteiger partial charge in [-0.25, -0.2) is 0 Å². The van der Waals surface area contributed by atoms with Gasteiger partial charge >= 0.3 is 0 Å². The molecule has 0 fully saturated rings. The SMILES string of the molecule is COc1cccc(COc2cccc(NC(=O)c3ccc(C)c(-c4ccccc4)c3)c2C)c1. The summed E-state index contributed by atoms with van der Waals surface area (Å²) in [5.41, 5.74) is 6.50. The number of hydrogen-bond acceptors (Lipinski definition) is 3. The number of carbonyl (C=O) groups excluding carboxylic acids is 1. The van der Waals surface area contributed by atoms with Gasteiger partial charge in [-0.3, -0.25) is 4.79 Å². The first kappa shape index (κ1) is 22.2. The topological polar surface area (TPSA) is 47.6 Å². The van der Waals surface area contributed by atoms with E-state index in [0.29, 0.717) is 12.2 Å². The van der Waals surface area contributed by atoms with Crippen LogP contribution in [-0.2, 0) is 6.61 Å². The number of anilines is 1. The van der Waals surface area contributed by atoms with E-state index in [9.17, 15) is 4.79 Å². The van der Waals surface area contributed by atoms with Crippen LogP contribution in [-0.4, -0.2) is 13.0 Å². The summed E-state index contributed by atoms with van der Waals surface area (Å²) in [5, 5.41) is 3.04. The highest BCUT2D eigenvalue weighted by molar-refractivity contribution is 6.05. The van der Waals surface area contributed by atoms with Gasteiger partial charge in [-0.1, -0.05) is 54.6 Å². The van der Waals surface area contributed by atoms with E-state index in [1.807, 2.05) is 85.8 Å². The number of benzene rings is 4. The van der Waals surface area contributed by atoms with Crippen LogP contribution in [0.4, 0.5) is 5.69 Å². The summed E-state index contributed by atoms with van der Waals surface area (Å²) in [6.45, 7) is 4.41. The zero-order chi connectivity index (χ0) is 23.2. The molecule has 0 radical (unpaired) electrons. The summed E-state index contributed by atoms with van der Waals surface area (Å²) in [5.74, 6) is 1.37. The molecule has 1 amide bonds. The molecule has 0 heterocycles. The molecule has 1 N–H and O–H groups in total. The monoisotopic (exact) mass is 437 g/mol. The number of rotatable bonds is 7. The van der Waals surface area contributed by atoms with Crippen molar-refractivity contribution in [2.75, 3.05) is 12.4 Å². The van der Waals surface area contributed by atoms with Crippen molar-refractivity contribution in [1.82, 2.24) is 0 Å². The van der Waals surface area contributed by atoms with Crippen LogP contribution in [0.5, 0.6) is 11.5 Å². The van der Waals surface area contributed by atoms with Gasteiger partial charge in [0.05, 0.1) is 7.11 Å². The minimum absolute atomic E-state index is 0.153. The zero-order valence-corrected chi connectivity index (χ0v) is 19.1. The molecule has 0 unspecified atom stereocenters. The van der Waals surface area contributed by atoms with E-state index in [-0.39, 0.29) is 5.91 Å². The van der Waals surface area contributed by atoms with Gasteiger partial charge in [0.2, 0.25) is 0 Å². The van der Waals surface area contributed by atoms with Crippen LogP contribution in [0.2, 0.25) is 0 Å². The Labute approximate surface area is 194 Å². The summed E-state index contributed by atoms with van der Waals surface area (Å²) >= 11 is 0. The summed E-state index contributed by atoms with van der Waals surface area (Å²) < 4.78 is 11.3. The molecule has 4 rings (SSSR count). The molecule has 0 spiro atoms. The molecule has 0 saturated carbocycles. The Kier molecular flexibility index (Phi) is 6.75.